The lowest BCUT2D eigenvalue weighted by molar-refractivity contribution is 0.206. The number of ether oxygens (including phenoxy) is 1. The molecule has 4 nitrogen and oxygen atoms in total. The molecule has 0 aliphatic carbocycles. The summed E-state index contributed by atoms with van der Waals surface area (Å²) >= 11 is 5.85. The Kier molecular flexibility index (Phi) is 5.60. The molecule has 1 heterocycles. The van der Waals surface area contributed by atoms with Gasteiger partial charge in [0.25, 0.3) is 0 Å². The van der Waals surface area contributed by atoms with Gasteiger partial charge in [-0.05, 0) is 67.6 Å². The van der Waals surface area contributed by atoms with Crippen LogP contribution in [0.25, 0.3) is 11.3 Å². The molecule has 0 radical (unpaired) electrons. The zero-order valence-corrected chi connectivity index (χ0v) is 14.9. The quantitative estimate of drug-likeness (QED) is 0.803. The molecule has 2 rings (SSSR count). The molecule has 0 aliphatic rings. The lowest BCUT2D eigenvalue weighted by Crippen LogP contribution is -2.43. The van der Waals surface area contributed by atoms with Gasteiger partial charge >= 0.3 is 0 Å². The Morgan fingerprint density at radius 1 is 1.30 bits per heavy atom. The van der Waals surface area contributed by atoms with Gasteiger partial charge in [-0.2, -0.15) is 0 Å². The van der Waals surface area contributed by atoms with Gasteiger partial charge in [0.2, 0.25) is 5.28 Å². The highest BCUT2D eigenvalue weighted by Gasteiger charge is 2.21. The molecule has 124 valence electrons. The van der Waals surface area contributed by atoms with E-state index < -0.39 is 0 Å². The van der Waals surface area contributed by atoms with Crippen molar-refractivity contribution in [3.05, 3.63) is 41.3 Å². The second-order valence-corrected chi connectivity index (χ2v) is 7.07. The minimum absolute atomic E-state index is 0.244. The number of hydrogen-bond acceptors (Lipinski definition) is 4. The number of aryl methyl sites for hydroxylation is 1. The van der Waals surface area contributed by atoms with Crippen LogP contribution < -0.4 is 10.5 Å². The molecule has 0 spiro atoms. The number of hydrogen-bond donors (Lipinski definition) is 1. The fourth-order valence-electron chi connectivity index (χ4n) is 2.70. The van der Waals surface area contributed by atoms with Gasteiger partial charge in [0.05, 0.1) is 5.69 Å². The molecule has 0 bridgehead atoms. The molecule has 1 aromatic heterocycles. The summed E-state index contributed by atoms with van der Waals surface area (Å²) in [6, 6.07) is 7.79. The number of nitrogens with two attached hydrogens (primary N) is 1. The molecule has 1 aromatic carbocycles. The molecule has 5 heteroatoms. The summed E-state index contributed by atoms with van der Waals surface area (Å²) in [5, 5.41) is 0.244. The monoisotopic (exact) mass is 333 g/mol. The summed E-state index contributed by atoms with van der Waals surface area (Å²) in [7, 11) is 0. The molecule has 0 fully saturated rings. The zero-order valence-electron chi connectivity index (χ0n) is 14.1. The van der Waals surface area contributed by atoms with E-state index in [1.807, 2.05) is 38.1 Å². The van der Waals surface area contributed by atoms with E-state index in [1.165, 1.54) is 0 Å². The summed E-state index contributed by atoms with van der Waals surface area (Å²) in [5.41, 5.74) is 8.78. The van der Waals surface area contributed by atoms with Crippen molar-refractivity contribution in [1.82, 2.24) is 9.97 Å². The predicted molar refractivity (Wildman–Crippen MR) is 94.8 cm³/mol. The van der Waals surface area contributed by atoms with Crippen molar-refractivity contribution in [1.29, 1.82) is 0 Å². The average Bonchev–Trinajstić information content (AvgIpc) is 2.44. The summed E-state index contributed by atoms with van der Waals surface area (Å²) in [4.78, 5) is 8.13. The third kappa shape index (κ3) is 5.19. The van der Waals surface area contributed by atoms with Crippen LogP contribution in [-0.2, 0) is 0 Å². The van der Waals surface area contributed by atoms with Crippen molar-refractivity contribution in [2.24, 2.45) is 11.7 Å². The van der Waals surface area contributed by atoms with E-state index >= 15 is 0 Å². The molecule has 0 amide bonds. The van der Waals surface area contributed by atoms with Gasteiger partial charge in [-0.3, -0.25) is 0 Å². The van der Waals surface area contributed by atoms with Crippen molar-refractivity contribution in [3.8, 4) is 17.0 Å². The van der Waals surface area contributed by atoms with Crippen LogP contribution in [0, 0.1) is 12.8 Å². The van der Waals surface area contributed by atoms with Gasteiger partial charge in [-0.1, -0.05) is 13.8 Å². The molecule has 2 aromatic rings. The fraction of sp³-hybridized carbons (Fsp3) is 0.444. The van der Waals surface area contributed by atoms with Crippen LogP contribution in [-0.4, -0.2) is 22.1 Å². The minimum atomic E-state index is -0.334. The number of nitrogens with zero attached hydrogens (tertiary/aromatic N) is 2. The van der Waals surface area contributed by atoms with Gasteiger partial charge in [-0.25, -0.2) is 9.97 Å². The van der Waals surface area contributed by atoms with Gasteiger partial charge in [0.15, 0.2) is 0 Å². The number of halogens is 1. The van der Waals surface area contributed by atoms with Crippen LogP contribution in [0.2, 0.25) is 5.28 Å². The molecule has 0 unspecified atom stereocenters. The van der Waals surface area contributed by atoms with E-state index in [1.54, 1.807) is 6.20 Å². The Bertz CT molecular complexity index is 671. The predicted octanol–water partition coefficient (Wildman–Crippen LogP) is 4.25. The maximum atomic E-state index is 6.30. The smallest absolute Gasteiger partial charge is 0.222 e. The van der Waals surface area contributed by atoms with Crippen LogP contribution >= 0.6 is 11.6 Å². The van der Waals surface area contributed by atoms with Gasteiger partial charge in [0, 0.05) is 17.3 Å². The highest BCUT2D eigenvalue weighted by molar-refractivity contribution is 6.28. The van der Waals surface area contributed by atoms with Crippen molar-refractivity contribution >= 4 is 11.6 Å². The van der Waals surface area contributed by atoms with Crippen molar-refractivity contribution in [3.63, 3.8) is 0 Å². The highest BCUT2D eigenvalue weighted by Crippen LogP contribution is 2.26. The van der Waals surface area contributed by atoms with E-state index in [0.29, 0.717) is 12.5 Å². The molecule has 0 aliphatic heterocycles. The number of benzene rings is 1. The second kappa shape index (κ2) is 7.28. The SMILES string of the molecule is Cc1cc(-c2ccnc(Cl)n2)ccc1OC[C@@](C)(N)CC(C)C. The Morgan fingerprint density at radius 2 is 2.04 bits per heavy atom. The Morgan fingerprint density at radius 3 is 2.65 bits per heavy atom. The summed E-state index contributed by atoms with van der Waals surface area (Å²) in [5.74, 6) is 1.38. The van der Waals surface area contributed by atoms with Crippen LogP contribution in [0.3, 0.4) is 0 Å². The molecule has 23 heavy (non-hydrogen) atoms. The Labute approximate surface area is 143 Å². The summed E-state index contributed by atoms with van der Waals surface area (Å²) in [6.07, 6.45) is 2.57. The largest absolute Gasteiger partial charge is 0.491 e. The normalized spacial score (nSPS) is 13.9. The highest BCUT2D eigenvalue weighted by atomic mass is 35.5. The number of rotatable bonds is 6. The van der Waals surface area contributed by atoms with Gasteiger partial charge in [-0.15, -0.1) is 0 Å². The summed E-state index contributed by atoms with van der Waals surface area (Å²) < 4.78 is 5.93. The molecule has 0 saturated heterocycles. The maximum Gasteiger partial charge on any atom is 0.222 e. The third-order valence-electron chi connectivity index (χ3n) is 3.53. The van der Waals surface area contributed by atoms with Gasteiger partial charge < -0.3 is 10.5 Å². The molecule has 2 N–H and O–H groups in total. The van der Waals surface area contributed by atoms with E-state index in [2.05, 4.69) is 23.8 Å². The summed E-state index contributed by atoms with van der Waals surface area (Å²) in [6.45, 7) is 8.86. The van der Waals surface area contributed by atoms with E-state index in [9.17, 15) is 0 Å². The second-order valence-electron chi connectivity index (χ2n) is 6.73. The Hall–Kier alpha value is -1.65. The first-order valence-corrected chi connectivity index (χ1v) is 8.16. The topological polar surface area (TPSA) is 61.0 Å². The lowest BCUT2D eigenvalue weighted by Gasteiger charge is -2.27. The van der Waals surface area contributed by atoms with Crippen LogP contribution in [0.15, 0.2) is 30.5 Å². The first kappa shape index (κ1) is 17.7. The Balaban J connectivity index is 2.11. The van der Waals surface area contributed by atoms with E-state index in [-0.39, 0.29) is 10.8 Å². The van der Waals surface area contributed by atoms with E-state index in [4.69, 9.17) is 22.1 Å². The van der Waals surface area contributed by atoms with Gasteiger partial charge in [0.1, 0.15) is 12.4 Å². The third-order valence-corrected chi connectivity index (χ3v) is 3.71. The molecular weight excluding hydrogens is 310 g/mol. The lowest BCUT2D eigenvalue weighted by atomic mass is 9.93. The molecule has 0 saturated carbocycles. The maximum absolute atomic E-state index is 6.30. The van der Waals surface area contributed by atoms with Crippen LogP contribution in [0.1, 0.15) is 32.8 Å². The average molecular weight is 334 g/mol. The number of aromatic nitrogens is 2. The molecule has 1 atom stereocenters. The first-order valence-electron chi connectivity index (χ1n) is 7.78. The van der Waals surface area contributed by atoms with Crippen LogP contribution in [0.5, 0.6) is 5.75 Å². The first-order chi connectivity index (χ1) is 10.8. The van der Waals surface area contributed by atoms with Crippen molar-refractivity contribution < 1.29 is 4.74 Å². The van der Waals surface area contributed by atoms with Crippen LogP contribution in [0.4, 0.5) is 0 Å². The zero-order chi connectivity index (χ0) is 17.0. The minimum Gasteiger partial charge on any atom is -0.491 e. The standard InChI is InChI=1S/C18H24ClN3O/c1-12(2)10-18(4,20)11-23-16-6-5-14(9-13(16)3)15-7-8-21-17(19)22-15/h5-9,12H,10-11,20H2,1-4H3/t18-/m0/s1. The fourth-order valence-corrected chi connectivity index (χ4v) is 2.85. The van der Waals surface area contributed by atoms with E-state index in [0.717, 1.165) is 29.0 Å². The van der Waals surface area contributed by atoms with Crippen molar-refractivity contribution in [2.45, 2.75) is 39.7 Å². The van der Waals surface area contributed by atoms with Crippen molar-refractivity contribution in [2.75, 3.05) is 6.61 Å². The molecular formula is C18H24ClN3O.